The van der Waals surface area contributed by atoms with Crippen LogP contribution in [0.2, 0.25) is 0 Å². The molecule has 0 heterocycles. The lowest BCUT2D eigenvalue weighted by Crippen LogP contribution is -2.36. The number of unbranched alkanes of at least 4 members (excludes halogenated alkanes) is 3. The molecule has 1 unspecified atom stereocenters. The average molecular weight is 290 g/mol. The van der Waals surface area contributed by atoms with Crippen LogP contribution in [-0.4, -0.2) is 0 Å². The van der Waals surface area contributed by atoms with E-state index in [0.717, 1.165) is 17.8 Å². The van der Waals surface area contributed by atoms with Gasteiger partial charge in [0.15, 0.2) is 0 Å². The topological polar surface area (TPSA) is 23.8 Å². The molecule has 2 aliphatic carbocycles. The van der Waals surface area contributed by atoms with Gasteiger partial charge in [0.05, 0.1) is 11.5 Å². The van der Waals surface area contributed by atoms with E-state index in [-0.39, 0.29) is 5.41 Å². The second kappa shape index (κ2) is 8.21. The van der Waals surface area contributed by atoms with Gasteiger partial charge in [0.25, 0.3) is 0 Å². The zero-order valence-electron chi connectivity index (χ0n) is 14.4. The van der Waals surface area contributed by atoms with Gasteiger partial charge in [-0.05, 0) is 56.3 Å². The first-order chi connectivity index (χ1) is 10.2. The lowest BCUT2D eigenvalue weighted by atomic mass is 9.58. The Morgan fingerprint density at radius 1 is 1.00 bits per heavy atom. The Bertz CT molecular complexity index is 342. The van der Waals surface area contributed by atoms with Crippen LogP contribution in [0.3, 0.4) is 0 Å². The Labute approximate surface area is 132 Å². The summed E-state index contributed by atoms with van der Waals surface area (Å²) >= 11 is 0. The highest BCUT2D eigenvalue weighted by molar-refractivity contribution is 5.04. The first-order valence-corrected chi connectivity index (χ1v) is 9.64. The highest BCUT2D eigenvalue weighted by Gasteiger charge is 2.42. The van der Waals surface area contributed by atoms with Gasteiger partial charge in [0, 0.05) is 0 Å². The van der Waals surface area contributed by atoms with Crippen molar-refractivity contribution in [3.63, 3.8) is 0 Å². The smallest absolute Gasteiger partial charge is 0.0689 e. The molecule has 0 aromatic rings. The molecule has 4 atom stereocenters. The monoisotopic (exact) mass is 289 g/mol. The van der Waals surface area contributed by atoms with Crippen molar-refractivity contribution < 1.29 is 0 Å². The molecule has 2 saturated carbocycles. The average Bonchev–Trinajstić information content (AvgIpc) is 2.53. The van der Waals surface area contributed by atoms with Crippen molar-refractivity contribution in [1.29, 1.82) is 5.26 Å². The first-order valence-electron chi connectivity index (χ1n) is 9.64. The second-order valence-electron chi connectivity index (χ2n) is 7.93. The molecule has 0 saturated heterocycles. The third-order valence-electron chi connectivity index (χ3n) is 6.36. The van der Waals surface area contributed by atoms with Gasteiger partial charge in [0.2, 0.25) is 0 Å². The number of rotatable bonds is 7. The SMILES string of the molecule is CCCCC[C@]1(C#N)CC[C@@H]2C[C@@H](CCCC)CCC2C1. The molecule has 0 spiro atoms. The van der Waals surface area contributed by atoms with Gasteiger partial charge >= 0.3 is 0 Å². The first kappa shape index (κ1) is 16.9. The van der Waals surface area contributed by atoms with Crippen LogP contribution in [0.25, 0.3) is 0 Å². The Kier molecular flexibility index (Phi) is 6.59. The van der Waals surface area contributed by atoms with Crippen LogP contribution < -0.4 is 0 Å². The lowest BCUT2D eigenvalue weighted by Gasteiger charge is -2.45. The summed E-state index contributed by atoms with van der Waals surface area (Å²) in [5.41, 5.74) is 0.0482. The lowest BCUT2D eigenvalue weighted by molar-refractivity contribution is 0.0617. The summed E-state index contributed by atoms with van der Waals surface area (Å²) in [4.78, 5) is 0. The number of hydrogen-bond acceptors (Lipinski definition) is 1. The van der Waals surface area contributed by atoms with Gasteiger partial charge < -0.3 is 0 Å². The van der Waals surface area contributed by atoms with Crippen molar-refractivity contribution in [3.05, 3.63) is 0 Å². The highest BCUT2D eigenvalue weighted by Crippen LogP contribution is 2.51. The highest BCUT2D eigenvalue weighted by atomic mass is 14.5. The van der Waals surface area contributed by atoms with Gasteiger partial charge in [-0.15, -0.1) is 0 Å². The van der Waals surface area contributed by atoms with E-state index in [4.69, 9.17) is 0 Å². The van der Waals surface area contributed by atoms with Crippen LogP contribution in [0, 0.1) is 34.5 Å². The molecule has 0 N–H and O–H groups in total. The quantitative estimate of drug-likeness (QED) is 0.492. The van der Waals surface area contributed by atoms with Crippen molar-refractivity contribution in [2.24, 2.45) is 23.2 Å². The maximum atomic E-state index is 9.75. The molecule has 2 fully saturated rings. The number of fused-ring (bicyclic) bond motifs is 1. The predicted molar refractivity (Wildman–Crippen MR) is 89.9 cm³/mol. The van der Waals surface area contributed by atoms with E-state index in [9.17, 15) is 5.26 Å². The normalized spacial score (nSPS) is 36.0. The fourth-order valence-corrected chi connectivity index (χ4v) is 4.96. The largest absolute Gasteiger partial charge is 0.198 e. The minimum Gasteiger partial charge on any atom is -0.198 e. The molecule has 0 bridgehead atoms. The summed E-state index contributed by atoms with van der Waals surface area (Å²) in [5.74, 6) is 2.83. The second-order valence-corrected chi connectivity index (χ2v) is 7.93. The van der Waals surface area contributed by atoms with Gasteiger partial charge in [-0.2, -0.15) is 5.26 Å². The molecule has 120 valence electrons. The van der Waals surface area contributed by atoms with Gasteiger partial charge in [-0.25, -0.2) is 0 Å². The summed E-state index contributed by atoms with van der Waals surface area (Å²) < 4.78 is 0. The van der Waals surface area contributed by atoms with Crippen molar-refractivity contribution >= 4 is 0 Å². The fourth-order valence-electron chi connectivity index (χ4n) is 4.96. The maximum Gasteiger partial charge on any atom is 0.0689 e. The van der Waals surface area contributed by atoms with E-state index < -0.39 is 0 Å². The molecule has 2 aliphatic rings. The zero-order chi connectivity index (χ0) is 15.1. The van der Waals surface area contributed by atoms with Crippen LogP contribution in [-0.2, 0) is 0 Å². The molecule has 0 amide bonds. The van der Waals surface area contributed by atoms with Crippen LogP contribution >= 0.6 is 0 Å². The van der Waals surface area contributed by atoms with Crippen LogP contribution in [0.15, 0.2) is 0 Å². The third kappa shape index (κ3) is 4.48. The summed E-state index contributed by atoms with van der Waals surface area (Å²) in [5, 5.41) is 9.75. The Morgan fingerprint density at radius 3 is 2.52 bits per heavy atom. The summed E-state index contributed by atoms with van der Waals surface area (Å²) in [6, 6.07) is 2.75. The third-order valence-corrected chi connectivity index (χ3v) is 6.36. The molecule has 1 heteroatoms. The molecule has 0 aromatic heterocycles. The van der Waals surface area contributed by atoms with Crippen molar-refractivity contribution in [1.82, 2.24) is 0 Å². The van der Waals surface area contributed by atoms with Crippen molar-refractivity contribution in [3.8, 4) is 6.07 Å². The molecule has 1 nitrogen and oxygen atoms in total. The minimum absolute atomic E-state index is 0.0482. The Balaban J connectivity index is 1.85. The van der Waals surface area contributed by atoms with Gasteiger partial charge in [-0.3, -0.25) is 0 Å². The van der Waals surface area contributed by atoms with Crippen molar-refractivity contribution in [2.75, 3.05) is 0 Å². The van der Waals surface area contributed by atoms with Crippen molar-refractivity contribution in [2.45, 2.75) is 97.3 Å². The molecule has 21 heavy (non-hydrogen) atoms. The number of hydrogen-bond donors (Lipinski definition) is 0. The maximum absolute atomic E-state index is 9.75. The molecular formula is C20H35N. The fraction of sp³-hybridized carbons (Fsp3) is 0.950. The predicted octanol–water partition coefficient (Wildman–Crippen LogP) is 6.48. The van der Waals surface area contributed by atoms with E-state index in [2.05, 4.69) is 19.9 Å². The standard InChI is InChI=1S/C20H35N/c1-3-5-7-12-20(16-21)13-11-18-14-17(8-6-4-2)9-10-19(18)15-20/h17-19H,3-15H2,1-2H3/t17-,18+,19?,20-/m0/s1. The Morgan fingerprint density at radius 2 is 1.81 bits per heavy atom. The molecule has 2 rings (SSSR count). The molecule has 0 radical (unpaired) electrons. The molecule has 0 aromatic carbocycles. The molecular weight excluding hydrogens is 254 g/mol. The van der Waals surface area contributed by atoms with E-state index in [1.54, 1.807) is 0 Å². The zero-order valence-corrected chi connectivity index (χ0v) is 14.4. The minimum atomic E-state index is 0.0482. The van der Waals surface area contributed by atoms with Crippen LogP contribution in [0.5, 0.6) is 0 Å². The van der Waals surface area contributed by atoms with Gasteiger partial charge in [0.1, 0.15) is 0 Å². The summed E-state index contributed by atoms with van der Waals surface area (Å²) in [6.45, 7) is 4.57. The van der Waals surface area contributed by atoms with Crippen LogP contribution in [0.4, 0.5) is 0 Å². The number of nitrogens with zero attached hydrogens (tertiary/aromatic N) is 1. The van der Waals surface area contributed by atoms with Gasteiger partial charge in [-0.1, -0.05) is 58.8 Å². The molecule has 0 aliphatic heterocycles. The van der Waals surface area contributed by atoms with E-state index in [1.807, 2.05) is 0 Å². The van der Waals surface area contributed by atoms with E-state index in [0.29, 0.717) is 0 Å². The summed E-state index contributed by atoms with van der Waals surface area (Å²) in [7, 11) is 0. The number of nitriles is 1. The van der Waals surface area contributed by atoms with Crippen LogP contribution in [0.1, 0.15) is 97.3 Å². The Hall–Kier alpha value is -0.510. The van der Waals surface area contributed by atoms with E-state index in [1.165, 1.54) is 83.5 Å². The summed E-state index contributed by atoms with van der Waals surface area (Å²) in [6.07, 6.45) is 17.3. The van der Waals surface area contributed by atoms with E-state index >= 15 is 0 Å².